The Balaban J connectivity index is 1.41. The van der Waals surface area contributed by atoms with Gasteiger partial charge in [-0.1, -0.05) is 12.1 Å². The molecule has 3 aromatic rings. The first-order valence-corrected chi connectivity index (χ1v) is 15.2. The Morgan fingerprint density at radius 2 is 1.81 bits per heavy atom. The third-order valence-electron chi connectivity index (χ3n) is 8.07. The molecule has 0 radical (unpaired) electrons. The van der Waals surface area contributed by atoms with E-state index < -0.39 is 10.8 Å². The van der Waals surface area contributed by atoms with Crippen molar-refractivity contribution in [2.75, 3.05) is 69.9 Å². The summed E-state index contributed by atoms with van der Waals surface area (Å²) in [4.78, 5) is 54.5. The normalized spacial score (nSPS) is 13.0. The van der Waals surface area contributed by atoms with Crippen LogP contribution in [-0.4, -0.2) is 86.5 Å². The van der Waals surface area contributed by atoms with Gasteiger partial charge in [0.2, 0.25) is 0 Å². The highest BCUT2D eigenvalue weighted by Crippen LogP contribution is 2.33. The number of aryl methyl sites for hydroxylation is 1. The van der Waals surface area contributed by atoms with Crippen molar-refractivity contribution in [3.05, 3.63) is 87.1 Å². The van der Waals surface area contributed by atoms with Crippen LogP contribution in [0.25, 0.3) is 0 Å². The minimum absolute atomic E-state index is 0.0660. The van der Waals surface area contributed by atoms with Gasteiger partial charge in [-0.05, 0) is 75.2 Å². The fourth-order valence-electron chi connectivity index (χ4n) is 5.27. The molecule has 47 heavy (non-hydrogen) atoms. The topological polar surface area (TPSA) is 161 Å². The van der Waals surface area contributed by atoms with Gasteiger partial charge in [0.15, 0.2) is 0 Å². The molecule has 0 aromatic heterocycles. The minimum atomic E-state index is -0.667. The summed E-state index contributed by atoms with van der Waals surface area (Å²) in [6.07, 6.45) is 2.12. The molecule has 1 saturated heterocycles. The summed E-state index contributed by atoms with van der Waals surface area (Å²) < 4.78 is 11.6. The van der Waals surface area contributed by atoms with Crippen LogP contribution in [0.3, 0.4) is 0 Å². The quantitative estimate of drug-likeness (QED) is 0.0889. The maximum Gasteiger partial charge on any atom is 0.292 e. The van der Waals surface area contributed by atoms with Crippen molar-refractivity contribution in [1.29, 1.82) is 0 Å². The summed E-state index contributed by atoms with van der Waals surface area (Å²) in [7, 11) is 5.11. The molecule has 0 saturated carbocycles. The number of likely N-dealkylation sites (N-methyl/N-ethyl adjacent to an activating group) is 1. The van der Waals surface area contributed by atoms with Crippen LogP contribution in [0.1, 0.15) is 45.5 Å². The molecular weight excluding hydrogens is 604 g/mol. The average Bonchev–Trinajstić information content (AvgIpc) is 3.06. The first kappa shape index (κ1) is 34.5. The van der Waals surface area contributed by atoms with Gasteiger partial charge in [0, 0.05) is 44.9 Å². The number of rotatable bonds is 13. The highest BCUT2D eigenvalue weighted by Gasteiger charge is 2.23. The second-order valence-corrected chi connectivity index (χ2v) is 11.3. The zero-order valence-corrected chi connectivity index (χ0v) is 27.1. The van der Waals surface area contributed by atoms with E-state index in [1.807, 2.05) is 25.1 Å². The van der Waals surface area contributed by atoms with Gasteiger partial charge in [0.05, 0.1) is 41.3 Å². The number of allylic oxidation sites excluding steroid dienone is 1. The molecule has 0 aliphatic carbocycles. The number of carbonyl (C=O) groups excluding carboxylic acids is 3. The lowest BCUT2D eigenvalue weighted by atomic mass is 10.1. The lowest BCUT2D eigenvalue weighted by Gasteiger charge is -2.34. The molecule has 1 aliphatic rings. The third-order valence-corrected chi connectivity index (χ3v) is 8.07. The minimum Gasteiger partial charge on any atom is -0.495 e. The number of piperazine rings is 1. The molecule has 2 amide bonds. The number of nitrogen functional groups attached to an aromatic ring is 1. The average molecular weight is 645 g/mol. The van der Waals surface area contributed by atoms with Crippen molar-refractivity contribution in [3.8, 4) is 11.5 Å². The molecule has 1 heterocycles. The van der Waals surface area contributed by atoms with Crippen LogP contribution in [-0.2, 0) is 4.79 Å². The fourth-order valence-corrected chi connectivity index (χ4v) is 5.27. The molecule has 0 atom stereocenters. The van der Waals surface area contributed by atoms with Gasteiger partial charge in [-0.2, -0.15) is 0 Å². The van der Waals surface area contributed by atoms with Crippen LogP contribution in [0, 0.1) is 17.0 Å². The summed E-state index contributed by atoms with van der Waals surface area (Å²) in [6.45, 7) is 5.83. The molecule has 1 aliphatic heterocycles. The Morgan fingerprint density at radius 1 is 1.06 bits per heavy atom. The number of anilines is 3. The maximum atomic E-state index is 13.6. The van der Waals surface area contributed by atoms with Crippen LogP contribution >= 0.6 is 0 Å². The molecule has 4 rings (SSSR count). The summed E-state index contributed by atoms with van der Waals surface area (Å²) in [5, 5.41) is 13.9. The highest BCUT2D eigenvalue weighted by atomic mass is 16.6. The Hall–Kier alpha value is -5.39. The van der Waals surface area contributed by atoms with E-state index in [1.165, 1.54) is 42.3 Å². The van der Waals surface area contributed by atoms with Gasteiger partial charge in [-0.15, -0.1) is 0 Å². The second-order valence-electron chi connectivity index (χ2n) is 11.3. The van der Waals surface area contributed by atoms with Crippen molar-refractivity contribution in [2.24, 2.45) is 0 Å². The number of hydrogen-bond donors (Lipinski definition) is 2. The number of para-hydroxylation sites is 1. The number of amides is 2. The molecule has 13 nitrogen and oxygen atoms in total. The molecule has 248 valence electrons. The van der Waals surface area contributed by atoms with Crippen LogP contribution in [0.5, 0.6) is 11.5 Å². The van der Waals surface area contributed by atoms with E-state index in [4.69, 9.17) is 15.2 Å². The second kappa shape index (κ2) is 15.7. The van der Waals surface area contributed by atoms with E-state index in [0.717, 1.165) is 44.6 Å². The Morgan fingerprint density at radius 3 is 2.49 bits per heavy atom. The van der Waals surface area contributed by atoms with Crippen LogP contribution < -0.4 is 25.4 Å². The number of nitro benzene ring substituents is 1. The van der Waals surface area contributed by atoms with E-state index in [2.05, 4.69) is 28.1 Å². The summed E-state index contributed by atoms with van der Waals surface area (Å²) in [5.74, 6) is 1.88. The highest BCUT2D eigenvalue weighted by molar-refractivity contribution is 6.10. The van der Waals surface area contributed by atoms with Crippen molar-refractivity contribution in [3.63, 3.8) is 0 Å². The van der Waals surface area contributed by atoms with Gasteiger partial charge in [-0.3, -0.25) is 19.7 Å². The maximum absolute atomic E-state index is 13.6. The molecule has 0 bridgehead atoms. The Labute approximate surface area is 273 Å². The number of hydrogen-bond acceptors (Lipinski definition) is 10. The Bertz CT molecular complexity index is 1680. The predicted octanol–water partition coefficient (Wildman–Crippen LogP) is 4.53. The number of unbranched alkanes of at least 4 members (excludes halogenated alkanes) is 1. The smallest absolute Gasteiger partial charge is 0.292 e. The number of methoxy groups -OCH3 is 1. The van der Waals surface area contributed by atoms with E-state index in [1.54, 1.807) is 13.1 Å². The molecular formula is C34H40N6O7. The zero-order chi connectivity index (χ0) is 34.1. The number of ether oxygens (including phenoxy) is 2. The van der Waals surface area contributed by atoms with E-state index >= 15 is 0 Å². The SMILES string of the molecule is COc1cc(C(=O)N(C)c2ccc(C)cc2OCCCCC(=C=O)N2CCN(C)CC2)ccc1NC(=O)c1cccc([N+](=O)[O-])c1N. The lowest BCUT2D eigenvalue weighted by molar-refractivity contribution is -0.383. The summed E-state index contributed by atoms with van der Waals surface area (Å²) in [5.41, 5.74) is 7.96. The number of carbonyl (C=O) groups is 2. The van der Waals surface area contributed by atoms with Gasteiger partial charge < -0.3 is 35.2 Å². The summed E-state index contributed by atoms with van der Waals surface area (Å²) >= 11 is 0. The van der Waals surface area contributed by atoms with Crippen molar-refractivity contribution in [2.45, 2.75) is 26.2 Å². The number of nitrogens with two attached hydrogens (primary N) is 1. The largest absolute Gasteiger partial charge is 0.495 e. The van der Waals surface area contributed by atoms with Crippen LogP contribution in [0.4, 0.5) is 22.7 Å². The van der Waals surface area contributed by atoms with Gasteiger partial charge in [-0.25, -0.2) is 4.79 Å². The van der Waals surface area contributed by atoms with Crippen molar-refractivity contribution < 1.29 is 28.8 Å². The Kier molecular flexibility index (Phi) is 11.6. The molecule has 3 aromatic carbocycles. The molecule has 0 spiro atoms. The first-order valence-electron chi connectivity index (χ1n) is 15.2. The van der Waals surface area contributed by atoms with Crippen molar-refractivity contribution in [1.82, 2.24) is 9.80 Å². The standard InChI is InChI=1S/C34H40N6O7/c1-23-11-14-28(31(20-23)47-19-6-5-8-25(22-41)39-17-15-37(2)16-18-39)38(3)34(43)24-12-13-27(30(21-24)46-4)36-33(42)26-9-7-10-29(32(26)35)40(44)45/h7,9-14,20-21H,5-6,8,15-19,35H2,1-4H3,(H,36,42). The van der Waals surface area contributed by atoms with E-state index in [0.29, 0.717) is 35.7 Å². The monoisotopic (exact) mass is 644 g/mol. The zero-order valence-electron chi connectivity index (χ0n) is 27.1. The van der Waals surface area contributed by atoms with Gasteiger partial charge >= 0.3 is 0 Å². The van der Waals surface area contributed by atoms with Crippen molar-refractivity contribution >= 4 is 40.5 Å². The van der Waals surface area contributed by atoms with Crippen LogP contribution in [0.2, 0.25) is 0 Å². The number of nitro groups is 1. The first-order chi connectivity index (χ1) is 22.5. The number of benzene rings is 3. The van der Waals surface area contributed by atoms with Gasteiger partial charge in [0.1, 0.15) is 23.1 Å². The molecule has 3 N–H and O–H groups in total. The number of nitrogens with zero attached hydrogens (tertiary/aromatic N) is 4. The molecule has 0 unspecified atom stereocenters. The van der Waals surface area contributed by atoms with Crippen LogP contribution in [0.15, 0.2) is 60.3 Å². The third kappa shape index (κ3) is 8.46. The number of nitrogens with one attached hydrogen (secondary N) is 1. The molecule has 13 heteroatoms. The van der Waals surface area contributed by atoms with Gasteiger partial charge in [0.25, 0.3) is 17.5 Å². The van der Waals surface area contributed by atoms with E-state index in [9.17, 15) is 24.5 Å². The van der Waals surface area contributed by atoms with E-state index in [-0.39, 0.29) is 34.3 Å². The lowest BCUT2D eigenvalue weighted by Crippen LogP contribution is -2.44. The fraction of sp³-hybridized carbons (Fsp3) is 0.353. The summed E-state index contributed by atoms with van der Waals surface area (Å²) in [6, 6.07) is 14.1. The predicted molar refractivity (Wildman–Crippen MR) is 180 cm³/mol. The molecule has 1 fully saturated rings.